The third kappa shape index (κ3) is 7.59. The maximum absolute atomic E-state index is 13.6. The van der Waals surface area contributed by atoms with E-state index in [4.69, 9.17) is 18.9 Å². The lowest BCUT2D eigenvalue weighted by atomic mass is 10.0. The van der Waals surface area contributed by atoms with Crippen LogP contribution in [-0.2, 0) is 14.8 Å². The lowest BCUT2D eigenvalue weighted by Gasteiger charge is -2.32. The molecule has 1 saturated heterocycles. The molecule has 0 unspecified atom stereocenters. The van der Waals surface area contributed by atoms with Crippen molar-refractivity contribution in [3.05, 3.63) is 48.0 Å². The molecule has 1 heterocycles. The first-order valence-electron chi connectivity index (χ1n) is 12.7. The third-order valence-electron chi connectivity index (χ3n) is 6.49. The molecular formula is C27H39N3O7S. The number of hydrogen-bond donors (Lipinski definition) is 2. The van der Waals surface area contributed by atoms with E-state index in [1.165, 1.54) is 19.2 Å². The second-order valence-corrected chi connectivity index (χ2v) is 11.1. The van der Waals surface area contributed by atoms with E-state index in [0.29, 0.717) is 62.1 Å². The number of methoxy groups -OCH3 is 3. The lowest BCUT2D eigenvalue weighted by molar-refractivity contribution is 0.0671. The van der Waals surface area contributed by atoms with E-state index in [-0.39, 0.29) is 28.8 Å². The van der Waals surface area contributed by atoms with Crippen LogP contribution >= 0.6 is 0 Å². The second kappa shape index (κ2) is 13.8. The number of ether oxygens (including phenoxy) is 4. The highest BCUT2D eigenvalue weighted by atomic mass is 32.2. The zero-order valence-electron chi connectivity index (χ0n) is 22.7. The molecule has 3 rings (SSSR count). The molecule has 2 aromatic carbocycles. The fourth-order valence-corrected chi connectivity index (χ4v) is 5.64. The Hall–Kier alpha value is -2.86. The van der Waals surface area contributed by atoms with E-state index in [1.54, 1.807) is 49.5 Å². The Morgan fingerprint density at radius 2 is 1.76 bits per heavy atom. The molecule has 0 spiro atoms. The highest BCUT2D eigenvalue weighted by Crippen LogP contribution is 2.29. The number of amides is 1. The second-order valence-electron chi connectivity index (χ2n) is 9.43. The fourth-order valence-electron chi connectivity index (χ4n) is 4.34. The Kier molecular flexibility index (Phi) is 10.8. The molecule has 2 aromatic rings. The first kappa shape index (κ1) is 29.7. The van der Waals surface area contributed by atoms with Gasteiger partial charge in [0.15, 0.2) is 11.5 Å². The Morgan fingerprint density at radius 1 is 1.03 bits per heavy atom. The van der Waals surface area contributed by atoms with Crippen molar-refractivity contribution in [1.82, 2.24) is 14.9 Å². The molecule has 38 heavy (non-hydrogen) atoms. The van der Waals surface area contributed by atoms with Crippen LogP contribution in [0.1, 0.15) is 30.6 Å². The molecule has 1 amide bonds. The summed E-state index contributed by atoms with van der Waals surface area (Å²) in [5.41, 5.74) is 0.475. The quantitative estimate of drug-likeness (QED) is 0.346. The number of carbonyl (C=O) groups excluding carboxylic acids is 1. The minimum atomic E-state index is -3.74. The highest BCUT2D eigenvalue weighted by molar-refractivity contribution is 7.89. The summed E-state index contributed by atoms with van der Waals surface area (Å²) in [7, 11) is 0.973. The average molecular weight is 550 g/mol. The van der Waals surface area contributed by atoms with Gasteiger partial charge in [-0.25, -0.2) is 13.1 Å². The van der Waals surface area contributed by atoms with E-state index in [2.05, 4.69) is 10.0 Å². The van der Waals surface area contributed by atoms with Crippen molar-refractivity contribution in [2.45, 2.75) is 37.2 Å². The summed E-state index contributed by atoms with van der Waals surface area (Å²) in [4.78, 5) is 15.5. The number of benzene rings is 2. The zero-order valence-corrected chi connectivity index (χ0v) is 23.5. The summed E-state index contributed by atoms with van der Waals surface area (Å²) >= 11 is 0. The van der Waals surface area contributed by atoms with Crippen molar-refractivity contribution < 1.29 is 32.2 Å². The number of hydrogen-bond acceptors (Lipinski definition) is 8. The summed E-state index contributed by atoms with van der Waals surface area (Å²) in [5.74, 6) is 1.34. The molecule has 0 radical (unpaired) electrons. The largest absolute Gasteiger partial charge is 0.497 e. The Bertz CT molecular complexity index is 1160. The van der Waals surface area contributed by atoms with Crippen LogP contribution in [0, 0.1) is 5.92 Å². The van der Waals surface area contributed by atoms with Gasteiger partial charge in [0, 0.05) is 63.3 Å². The van der Waals surface area contributed by atoms with Crippen LogP contribution in [0.3, 0.4) is 0 Å². The molecule has 1 fully saturated rings. The molecule has 2 atom stereocenters. The summed E-state index contributed by atoms with van der Waals surface area (Å²) in [6, 6.07) is 10.9. The molecule has 11 heteroatoms. The van der Waals surface area contributed by atoms with Gasteiger partial charge in [-0.2, -0.15) is 0 Å². The van der Waals surface area contributed by atoms with Crippen LogP contribution in [0.2, 0.25) is 0 Å². The topological polar surface area (TPSA) is 115 Å². The lowest BCUT2D eigenvalue weighted by Crippen LogP contribution is -2.47. The monoisotopic (exact) mass is 549 g/mol. The molecule has 0 saturated carbocycles. The SMILES string of the molecule is COCCCOc1cc(C(=O)N(C[C@@H]2CNC[C@H]2NS(=O)(=O)c2ccc(OC)cc2)C(C)C)ccc1OC. The van der Waals surface area contributed by atoms with E-state index < -0.39 is 10.0 Å². The van der Waals surface area contributed by atoms with E-state index >= 15 is 0 Å². The smallest absolute Gasteiger partial charge is 0.254 e. The van der Waals surface area contributed by atoms with Gasteiger partial charge >= 0.3 is 0 Å². The van der Waals surface area contributed by atoms with Gasteiger partial charge in [0.1, 0.15) is 5.75 Å². The van der Waals surface area contributed by atoms with Gasteiger partial charge in [0.25, 0.3) is 5.91 Å². The fraction of sp³-hybridized carbons (Fsp3) is 0.519. The molecular weight excluding hydrogens is 510 g/mol. The standard InChI is InChI=1S/C27H39N3O7S/c1-19(2)30(27(31)20-7-12-25(36-5)26(15-20)37-14-6-13-34-3)18-21-16-28-17-24(21)29-38(32,33)23-10-8-22(35-4)9-11-23/h7-12,15,19,21,24,28-29H,6,13-14,16-18H2,1-5H3/t21-,24+/m0/s1. The first-order chi connectivity index (χ1) is 18.2. The predicted molar refractivity (Wildman–Crippen MR) is 145 cm³/mol. The molecule has 1 aliphatic heterocycles. The molecule has 1 aliphatic rings. The minimum Gasteiger partial charge on any atom is -0.497 e. The van der Waals surface area contributed by atoms with Gasteiger partial charge in [-0.05, 0) is 56.3 Å². The third-order valence-corrected chi connectivity index (χ3v) is 8.00. The summed E-state index contributed by atoms with van der Waals surface area (Å²) in [6.45, 7) is 6.34. The summed E-state index contributed by atoms with van der Waals surface area (Å²) < 4.78 is 50.3. The number of rotatable bonds is 14. The molecule has 210 valence electrons. The molecule has 0 bridgehead atoms. The van der Waals surface area contributed by atoms with Crippen LogP contribution in [-0.4, -0.2) is 85.5 Å². The normalized spacial score (nSPS) is 17.4. The van der Waals surface area contributed by atoms with Crippen LogP contribution in [0.4, 0.5) is 0 Å². The Morgan fingerprint density at radius 3 is 2.39 bits per heavy atom. The van der Waals surface area contributed by atoms with Crippen molar-refractivity contribution in [3.63, 3.8) is 0 Å². The maximum Gasteiger partial charge on any atom is 0.254 e. The van der Waals surface area contributed by atoms with Crippen molar-refractivity contribution in [1.29, 1.82) is 0 Å². The van der Waals surface area contributed by atoms with Gasteiger partial charge in [0.2, 0.25) is 10.0 Å². The molecule has 0 aromatic heterocycles. The highest BCUT2D eigenvalue weighted by Gasteiger charge is 2.34. The minimum absolute atomic E-state index is 0.102. The predicted octanol–water partition coefficient (Wildman–Crippen LogP) is 2.54. The van der Waals surface area contributed by atoms with Crippen LogP contribution in [0.25, 0.3) is 0 Å². The Labute approximate surface area is 225 Å². The van der Waals surface area contributed by atoms with Crippen LogP contribution in [0.5, 0.6) is 17.2 Å². The van der Waals surface area contributed by atoms with Crippen molar-refractivity contribution >= 4 is 15.9 Å². The van der Waals surface area contributed by atoms with E-state index in [1.807, 2.05) is 13.8 Å². The van der Waals surface area contributed by atoms with E-state index in [0.717, 1.165) is 0 Å². The van der Waals surface area contributed by atoms with Crippen molar-refractivity contribution in [2.24, 2.45) is 5.92 Å². The van der Waals surface area contributed by atoms with Crippen molar-refractivity contribution in [2.75, 3.05) is 54.2 Å². The van der Waals surface area contributed by atoms with Gasteiger partial charge in [-0.3, -0.25) is 4.79 Å². The number of nitrogens with one attached hydrogen (secondary N) is 2. The summed E-state index contributed by atoms with van der Waals surface area (Å²) in [5, 5.41) is 3.26. The zero-order chi connectivity index (χ0) is 27.7. The Balaban J connectivity index is 1.74. The average Bonchev–Trinajstić information content (AvgIpc) is 3.34. The number of sulfonamides is 1. The molecule has 2 N–H and O–H groups in total. The van der Waals surface area contributed by atoms with Gasteiger partial charge in [-0.1, -0.05) is 0 Å². The van der Waals surface area contributed by atoms with Gasteiger partial charge in [-0.15, -0.1) is 0 Å². The maximum atomic E-state index is 13.6. The molecule has 0 aliphatic carbocycles. The van der Waals surface area contributed by atoms with Gasteiger partial charge in [0.05, 0.1) is 25.7 Å². The van der Waals surface area contributed by atoms with Crippen molar-refractivity contribution in [3.8, 4) is 17.2 Å². The van der Waals surface area contributed by atoms with Gasteiger partial charge < -0.3 is 29.2 Å². The van der Waals surface area contributed by atoms with Crippen LogP contribution in [0.15, 0.2) is 47.4 Å². The molecule has 10 nitrogen and oxygen atoms in total. The summed E-state index contributed by atoms with van der Waals surface area (Å²) in [6.07, 6.45) is 0.707. The number of nitrogens with zero attached hydrogens (tertiary/aromatic N) is 1. The van der Waals surface area contributed by atoms with E-state index in [9.17, 15) is 13.2 Å². The number of carbonyl (C=O) groups is 1. The van der Waals surface area contributed by atoms with Crippen LogP contribution < -0.4 is 24.2 Å². The first-order valence-corrected chi connectivity index (χ1v) is 14.2.